The van der Waals surface area contributed by atoms with Gasteiger partial charge in [0, 0.05) is 30.8 Å². The number of nitrogens with one attached hydrogen (secondary N) is 2. The molecule has 4 N–H and O–H groups in total. The van der Waals surface area contributed by atoms with E-state index >= 15 is 0 Å². The third kappa shape index (κ3) is 3.14. The van der Waals surface area contributed by atoms with Crippen molar-refractivity contribution in [2.45, 2.75) is 19.4 Å². The van der Waals surface area contributed by atoms with Crippen LogP contribution < -0.4 is 11.1 Å². The maximum Gasteiger partial charge on any atom is 0.254 e. The van der Waals surface area contributed by atoms with Gasteiger partial charge in [-0.3, -0.25) is 9.59 Å². The van der Waals surface area contributed by atoms with Crippen LogP contribution in [0.4, 0.5) is 0 Å². The molecule has 1 aliphatic heterocycles. The molecule has 1 aliphatic rings. The lowest BCUT2D eigenvalue weighted by Gasteiger charge is -2.42. The van der Waals surface area contributed by atoms with Gasteiger partial charge in [0.05, 0.1) is 16.6 Å². The van der Waals surface area contributed by atoms with Crippen LogP contribution in [-0.2, 0) is 0 Å². The number of nitrogens with zero attached hydrogens (tertiary/aromatic N) is 2. The van der Waals surface area contributed by atoms with Crippen molar-refractivity contribution in [1.29, 1.82) is 0 Å². The van der Waals surface area contributed by atoms with E-state index in [1.807, 2.05) is 35.2 Å². The number of hydrogen-bond acceptors (Lipinski definition) is 4. The number of imidazole rings is 1. The molecule has 28 heavy (non-hydrogen) atoms. The molecular weight excluding hydrogens is 354 g/mol. The van der Waals surface area contributed by atoms with E-state index in [-0.39, 0.29) is 11.4 Å². The van der Waals surface area contributed by atoms with E-state index in [1.54, 1.807) is 12.1 Å². The summed E-state index contributed by atoms with van der Waals surface area (Å²) >= 11 is 0. The monoisotopic (exact) mass is 377 g/mol. The number of carbonyl (C=O) groups is 2. The molecule has 0 atom stereocenters. The molecule has 1 fully saturated rings. The SMILES string of the molecule is CC1(C)CNCCN1C(=O)c1ccc(-c2nc3c(C(N)=O)cccc3[nH]2)cc1. The minimum Gasteiger partial charge on any atom is -0.366 e. The van der Waals surface area contributed by atoms with Crippen molar-refractivity contribution < 1.29 is 9.59 Å². The van der Waals surface area contributed by atoms with Gasteiger partial charge < -0.3 is 20.9 Å². The van der Waals surface area contributed by atoms with Gasteiger partial charge in [-0.1, -0.05) is 18.2 Å². The van der Waals surface area contributed by atoms with Crippen LogP contribution in [0.2, 0.25) is 0 Å². The van der Waals surface area contributed by atoms with Crippen LogP contribution in [0.15, 0.2) is 42.5 Å². The van der Waals surface area contributed by atoms with Crippen molar-refractivity contribution in [3.05, 3.63) is 53.6 Å². The minimum absolute atomic E-state index is 0.0265. The Kier molecular flexibility index (Phi) is 4.39. The van der Waals surface area contributed by atoms with E-state index in [0.29, 0.717) is 29.0 Å². The summed E-state index contributed by atoms with van der Waals surface area (Å²) in [5.74, 6) is 0.145. The third-order valence-corrected chi connectivity index (χ3v) is 5.23. The second-order valence-electron chi connectivity index (χ2n) is 7.67. The van der Waals surface area contributed by atoms with Crippen molar-refractivity contribution in [1.82, 2.24) is 20.2 Å². The average molecular weight is 377 g/mol. The van der Waals surface area contributed by atoms with Crippen molar-refractivity contribution in [3.63, 3.8) is 0 Å². The number of amides is 2. The van der Waals surface area contributed by atoms with Crippen LogP contribution in [0.5, 0.6) is 0 Å². The van der Waals surface area contributed by atoms with Crippen molar-refractivity contribution in [3.8, 4) is 11.4 Å². The standard InChI is InChI=1S/C21H23N5O2/c1-21(2)12-23-10-11-26(21)20(28)14-8-6-13(7-9-14)19-24-16-5-3-4-15(18(22)27)17(16)25-19/h3-9,23H,10-12H2,1-2H3,(H2,22,27)(H,24,25). The van der Waals surface area contributed by atoms with Gasteiger partial charge in [-0.2, -0.15) is 0 Å². The fourth-order valence-electron chi connectivity index (χ4n) is 3.65. The Balaban J connectivity index is 1.63. The highest BCUT2D eigenvalue weighted by Crippen LogP contribution is 2.25. The largest absolute Gasteiger partial charge is 0.366 e. The van der Waals surface area contributed by atoms with Gasteiger partial charge in [-0.15, -0.1) is 0 Å². The molecule has 0 spiro atoms. The molecule has 7 heteroatoms. The van der Waals surface area contributed by atoms with E-state index in [9.17, 15) is 9.59 Å². The molecule has 2 amide bonds. The Hall–Kier alpha value is -3.19. The number of piperazine rings is 1. The molecule has 0 aliphatic carbocycles. The molecule has 2 aromatic carbocycles. The lowest BCUT2D eigenvalue weighted by Crippen LogP contribution is -2.59. The molecule has 2 heterocycles. The summed E-state index contributed by atoms with van der Waals surface area (Å²) in [7, 11) is 0. The minimum atomic E-state index is -0.511. The fourth-order valence-corrected chi connectivity index (χ4v) is 3.65. The Morgan fingerprint density at radius 1 is 1.14 bits per heavy atom. The maximum atomic E-state index is 12.9. The number of aromatic nitrogens is 2. The van der Waals surface area contributed by atoms with Crippen LogP contribution in [0.3, 0.4) is 0 Å². The molecule has 144 valence electrons. The maximum absolute atomic E-state index is 12.9. The van der Waals surface area contributed by atoms with E-state index in [2.05, 4.69) is 29.1 Å². The van der Waals surface area contributed by atoms with Crippen LogP contribution in [0.25, 0.3) is 22.4 Å². The summed E-state index contributed by atoms with van der Waals surface area (Å²) < 4.78 is 0. The quantitative estimate of drug-likeness (QED) is 0.650. The van der Waals surface area contributed by atoms with Crippen molar-refractivity contribution in [2.24, 2.45) is 5.73 Å². The zero-order chi connectivity index (χ0) is 19.9. The first-order valence-corrected chi connectivity index (χ1v) is 9.28. The number of para-hydroxylation sites is 1. The van der Waals surface area contributed by atoms with Crippen LogP contribution in [0, 0.1) is 0 Å². The zero-order valence-electron chi connectivity index (χ0n) is 16.0. The van der Waals surface area contributed by atoms with Gasteiger partial charge in [0.25, 0.3) is 11.8 Å². The molecule has 0 radical (unpaired) electrons. The van der Waals surface area contributed by atoms with Crippen LogP contribution in [-0.4, -0.2) is 51.9 Å². The molecule has 4 rings (SSSR count). The number of primary amides is 1. The number of H-pyrrole nitrogens is 1. The van der Waals surface area contributed by atoms with Gasteiger partial charge >= 0.3 is 0 Å². The molecule has 1 saturated heterocycles. The number of benzene rings is 2. The first kappa shape index (κ1) is 18.2. The molecule has 0 saturated carbocycles. The summed E-state index contributed by atoms with van der Waals surface area (Å²) in [6.07, 6.45) is 0. The highest BCUT2D eigenvalue weighted by Gasteiger charge is 2.33. The second-order valence-corrected chi connectivity index (χ2v) is 7.67. The predicted molar refractivity (Wildman–Crippen MR) is 108 cm³/mol. The highest BCUT2D eigenvalue weighted by atomic mass is 16.2. The fraction of sp³-hybridized carbons (Fsp3) is 0.286. The van der Waals surface area contributed by atoms with Gasteiger partial charge in [-0.25, -0.2) is 4.98 Å². The van der Waals surface area contributed by atoms with E-state index in [1.165, 1.54) is 0 Å². The molecule has 0 bridgehead atoms. The Morgan fingerprint density at radius 3 is 2.57 bits per heavy atom. The Bertz CT molecular complexity index is 1050. The molecule has 1 aromatic heterocycles. The Labute approximate surface area is 162 Å². The van der Waals surface area contributed by atoms with Gasteiger partial charge in [0.15, 0.2) is 0 Å². The smallest absolute Gasteiger partial charge is 0.254 e. The summed E-state index contributed by atoms with van der Waals surface area (Å²) in [5.41, 5.74) is 8.37. The number of aromatic amines is 1. The lowest BCUT2D eigenvalue weighted by atomic mass is 9.98. The number of nitrogens with two attached hydrogens (primary N) is 1. The van der Waals surface area contributed by atoms with Gasteiger partial charge in [-0.05, 0) is 38.1 Å². The predicted octanol–water partition coefficient (Wildman–Crippen LogP) is 2.15. The zero-order valence-corrected chi connectivity index (χ0v) is 16.0. The summed E-state index contributed by atoms with van der Waals surface area (Å²) in [4.78, 5) is 34.2. The van der Waals surface area contributed by atoms with E-state index < -0.39 is 5.91 Å². The van der Waals surface area contributed by atoms with E-state index in [0.717, 1.165) is 24.2 Å². The average Bonchev–Trinajstić information content (AvgIpc) is 3.11. The highest BCUT2D eigenvalue weighted by molar-refractivity contribution is 6.04. The normalized spacial score (nSPS) is 16.3. The second kappa shape index (κ2) is 6.76. The summed E-state index contributed by atoms with van der Waals surface area (Å²) in [5, 5.41) is 3.33. The molecular formula is C21H23N5O2. The lowest BCUT2D eigenvalue weighted by molar-refractivity contribution is 0.0477. The van der Waals surface area contributed by atoms with E-state index in [4.69, 9.17) is 5.73 Å². The number of hydrogen-bond donors (Lipinski definition) is 3. The number of rotatable bonds is 3. The van der Waals surface area contributed by atoms with Gasteiger partial charge in [0.2, 0.25) is 0 Å². The molecule has 3 aromatic rings. The number of carbonyl (C=O) groups excluding carboxylic acids is 2. The first-order valence-electron chi connectivity index (χ1n) is 9.28. The molecule has 0 unspecified atom stereocenters. The summed E-state index contributed by atoms with van der Waals surface area (Å²) in [6.45, 7) is 6.39. The third-order valence-electron chi connectivity index (χ3n) is 5.23. The van der Waals surface area contributed by atoms with Crippen LogP contribution >= 0.6 is 0 Å². The molecule has 7 nitrogen and oxygen atoms in total. The first-order chi connectivity index (χ1) is 13.4. The van der Waals surface area contributed by atoms with Crippen molar-refractivity contribution in [2.75, 3.05) is 19.6 Å². The van der Waals surface area contributed by atoms with Gasteiger partial charge in [0.1, 0.15) is 11.3 Å². The summed E-state index contributed by atoms with van der Waals surface area (Å²) in [6, 6.07) is 12.6. The van der Waals surface area contributed by atoms with Crippen LogP contribution in [0.1, 0.15) is 34.6 Å². The Morgan fingerprint density at radius 2 is 1.89 bits per heavy atom. The topological polar surface area (TPSA) is 104 Å². The van der Waals surface area contributed by atoms with Crippen molar-refractivity contribution >= 4 is 22.8 Å². The number of fused-ring (bicyclic) bond motifs is 1.